The number of carbonyl (C=O) groups excluding carboxylic acids is 1. The van der Waals surface area contributed by atoms with Crippen LogP contribution in [0, 0.1) is 11.3 Å². The number of rotatable bonds is 4. The van der Waals surface area contributed by atoms with E-state index in [1.807, 2.05) is 30.3 Å². The van der Waals surface area contributed by atoms with Crippen LogP contribution in [0.25, 0.3) is 0 Å². The first-order chi connectivity index (χ1) is 11.7. The maximum Gasteiger partial charge on any atom is 0.239 e. The van der Waals surface area contributed by atoms with Crippen LogP contribution in [0.3, 0.4) is 0 Å². The van der Waals surface area contributed by atoms with E-state index in [4.69, 9.17) is 11.0 Å². The molecule has 1 aromatic carbocycles. The quantitative estimate of drug-likeness (QED) is 0.917. The van der Waals surface area contributed by atoms with Gasteiger partial charge in [0.2, 0.25) is 5.91 Å². The predicted octanol–water partition coefficient (Wildman–Crippen LogP) is 1.30. The maximum absolute atomic E-state index is 12.0. The fourth-order valence-corrected chi connectivity index (χ4v) is 3.06. The lowest BCUT2D eigenvalue weighted by atomic mass is 10.0. The highest BCUT2D eigenvalue weighted by Crippen LogP contribution is 2.23. The number of anilines is 1. The Hall–Kier alpha value is -2.91. The molecule has 1 aliphatic rings. The van der Waals surface area contributed by atoms with Crippen LogP contribution in [0.5, 0.6) is 0 Å². The van der Waals surface area contributed by atoms with E-state index in [9.17, 15) is 4.79 Å². The number of nitrogens with zero attached hydrogens (tertiary/aromatic N) is 4. The van der Waals surface area contributed by atoms with E-state index in [1.54, 1.807) is 18.3 Å². The van der Waals surface area contributed by atoms with Gasteiger partial charge in [-0.1, -0.05) is 30.3 Å². The lowest BCUT2D eigenvalue weighted by molar-refractivity contribution is -0.123. The largest absolute Gasteiger partial charge is 0.368 e. The molecule has 0 radical (unpaired) electrons. The van der Waals surface area contributed by atoms with Crippen LogP contribution in [0.15, 0.2) is 48.7 Å². The van der Waals surface area contributed by atoms with E-state index in [1.165, 1.54) is 0 Å². The van der Waals surface area contributed by atoms with E-state index < -0.39 is 6.04 Å². The molecule has 0 saturated carbocycles. The Morgan fingerprint density at radius 2 is 1.88 bits per heavy atom. The molecule has 6 nitrogen and oxygen atoms in total. The second-order valence-corrected chi connectivity index (χ2v) is 5.75. The summed E-state index contributed by atoms with van der Waals surface area (Å²) in [6.45, 7) is 2.89. The zero-order valence-corrected chi connectivity index (χ0v) is 13.3. The Balaban J connectivity index is 1.71. The number of benzene rings is 1. The summed E-state index contributed by atoms with van der Waals surface area (Å²) in [4.78, 5) is 20.5. The van der Waals surface area contributed by atoms with Gasteiger partial charge in [-0.05, 0) is 17.7 Å². The zero-order chi connectivity index (χ0) is 16.9. The molecule has 122 valence electrons. The van der Waals surface area contributed by atoms with Crippen LogP contribution in [0.4, 0.5) is 5.82 Å². The molecule has 0 unspecified atom stereocenters. The number of hydrogen-bond donors (Lipinski definition) is 1. The summed E-state index contributed by atoms with van der Waals surface area (Å²) in [7, 11) is 0. The normalized spacial score (nSPS) is 16.4. The first-order valence-corrected chi connectivity index (χ1v) is 7.88. The minimum atomic E-state index is -0.410. The third-order valence-corrected chi connectivity index (χ3v) is 4.26. The van der Waals surface area contributed by atoms with E-state index >= 15 is 0 Å². The van der Waals surface area contributed by atoms with Gasteiger partial charge >= 0.3 is 0 Å². The second-order valence-electron chi connectivity index (χ2n) is 5.75. The van der Waals surface area contributed by atoms with Crippen LogP contribution < -0.4 is 10.6 Å². The van der Waals surface area contributed by atoms with Gasteiger partial charge in [0.05, 0.1) is 11.6 Å². The molecule has 2 heterocycles. The fourth-order valence-electron chi connectivity index (χ4n) is 3.06. The van der Waals surface area contributed by atoms with Crippen molar-refractivity contribution in [3.8, 4) is 6.07 Å². The Morgan fingerprint density at radius 3 is 2.50 bits per heavy atom. The summed E-state index contributed by atoms with van der Waals surface area (Å²) in [5.41, 5.74) is 7.16. The molecule has 1 amide bonds. The monoisotopic (exact) mass is 321 g/mol. The number of nitrogens with two attached hydrogens (primary N) is 1. The summed E-state index contributed by atoms with van der Waals surface area (Å²) in [5.74, 6) is 0.461. The molecular weight excluding hydrogens is 302 g/mol. The molecule has 6 heteroatoms. The van der Waals surface area contributed by atoms with Crippen LogP contribution in [-0.2, 0) is 4.79 Å². The molecular formula is C18H19N5O. The molecule has 1 aliphatic heterocycles. The standard InChI is InChI=1S/C18H19N5O/c19-13-14-6-7-21-16(12-14)22-8-10-23(11-9-22)17(18(20)24)15-4-2-1-3-5-15/h1-7,12,17H,8-11H2,(H2,20,24)/t17-/m1/s1. The van der Waals surface area contributed by atoms with Crippen molar-refractivity contribution in [2.24, 2.45) is 5.73 Å². The molecule has 24 heavy (non-hydrogen) atoms. The van der Waals surface area contributed by atoms with E-state index in [-0.39, 0.29) is 5.91 Å². The van der Waals surface area contributed by atoms with Crippen LogP contribution >= 0.6 is 0 Å². The molecule has 3 rings (SSSR count). The summed E-state index contributed by atoms with van der Waals surface area (Å²) < 4.78 is 0. The molecule has 0 aliphatic carbocycles. The van der Waals surface area contributed by atoms with Crippen molar-refractivity contribution in [1.29, 1.82) is 5.26 Å². The zero-order valence-electron chi connectivity index (χ0n) is 13.3. The fraction of sp³-hybridized carbons (Fsp3) is 0.278. The first kappa shape index (κ1) is 16.0. The van der Waals surface area contributed by atoms with Crippen LogP contribution in [0.2, 0.25) is 0 Å². The Labute approximate surface area is 141 Å². The van der Waals surface area contributed by atoms with Crippen molar-refractivity contribution in [2.75, 3.05) is 31.1 Å². The van der Waals surface area contributed by atoms with Crippen molar-refractivity contribution in [3.05, 3.63) is 59.8 Å². The average Bonchev–Trinajstić information content (AvgIpc) is 2.63. The molecule has 1 aromatic heterocycles. The van der Waals surface area contributed by atoms with Gasteiger partial charge in [-0.3, -0.25) is 9.69 Å². The topological polar surface area (TPSA) is 86.2 Å². The molecule has 0 spiro atoms. The summed E-state index contributed by atoms with van der Waals surface area (Å²) >= 11 is 0. The van der Waals surface area contributed by atoms with Gasteiger partial charge in [-0.25, -0.2) is 4.98 Å². The number of amides is 1. The molecule has 2 N–H and O–H groups in total. The van der Waals surface area contributed by atoms with E-state index in [0.717, 1.165) is 24.5 Å². The van der Waals surface area contributed by atoms with Gasteiger partial charge in [-0.15, -0.1) is 0 Å². The maximum atomic E-state index is 12.0. The lowest BCUT2D eigenvalue weighted by Gasteiger charge is -2.38. The number of carbonyl (C=O) groups is 1. The predicted molar refractivity (Wildman–Crippen MR) is 91.1 cm³/mol. The van der Waals surface area contributed by atoms with Gasteiger partial charge in [-0.2, -0.15) is 5.26 Å². The van der Waals surface area contributed by atoms with Crippen molar-refractivity contribution in [2.45, 2.75) is 6.04 Å². The van der Waals surface area contributed by atoms with Crippen molar-refractivity contribution in [1.82, 2.24) is 9.88 Å². The highest BCUT2D eigenvalue weighted by molar-refractivity contribution is 5.81. The third kappa shape index (κ3) is 3.36. The number of piperazine rings is 1. The SMILES string of the molecule is N#Cc1ccnc(N2CCN([C@@H](C(N)=O)c3ccccc3)CC2)c1. The highest BCUT2D eigenvalue weighted by Gasteiger charge is 2.29. The molecule has 1 saturated heterocycles. The van der Waals surface area contributed by atoms with Crippen LogP contribution in [-0.4, -0.2) is 42.0 Å². The minimum Gasteiger partial charge on any atom is -0.368 e. The van der Waals surface area contributed by atoms with Gasteiger partial charge in [0, 0.05) is 32.4 Å². The average molecular weight is 321 g/mol. The minimum absolute atomic E-state index is 0.334. The lowest BCUT2D eigenvalue weighted by Crippen LogP contribution is -2.50. The molecule has 2 aromatic rings. The number of pyridine rings is 1. The third-order valence-electron chi connectivity index (χ3n) is 4.26. The van der Waals surface area contributed by atoms with Gasteiger partial charge < -0.3 is 10.6 Å². The van der Waals surface area contributed by atoms with Crippen LogP contribution in [0.1, 0.15) is 17.2 Å². The smallest absolute Gasteiger partial charge is 0.239 e. The Morgan fingerprint density at radius 1 is 1.17 bits per heavy atom. The van der Waals surface area contributed by atoms with Gasteiger partial charge in [0.15, 0.2) is 0 Å². The second kappa shape index (κ2) is 7.11. The number of nitriles is 1. The van der Waals surface area contributed by atoms with Gasteiger partial charge in [0.25, 0.3) is 0 Å². The summed E-state index contributed by atoms with van der Waals surface area (Å²) in [5, 5.41) is 9.01. The van der Waals surface area contributed by atoms with Crippen molar-refractivity contribution < 1.29 is 4.79 Å². The van der Waals surface area contributed by atoms with E-state index in [0.29, 0.717) is 18.7 Å². The number of aromatic nitrogens is 1. The summed E-state index contributed by atoms with van der Waals surface area (Å²) in [6, 6.07) is 14.8. The Kier molecular flexibility index (Phi) is 4.73. The number of hydrogen-bond acceptors (Lipinski definition) is 5. The van der Waals surface area contributed by atoms with E-state index in [2.05, 4.69) is 20.9 Å². The molecule has 1 atom stereocenters. The molecule has 0 bridgehead atoms. The Bertz CT molecular complexity index is 748. The molecule has 1 fully saturated rings. The summed E-state index contributed by atoms with van der Waals surface area (Å²) in [6.07, 6.45) is 1.65. The first-order valence-electron chi connectivity index (χ1n) is 7.88. The van der Waals surface area contributed by atoms with Gasteiger partial charge in [0.1, 0.15) is 11.9 Å². The highest BCUT2D eigenvalue weighted by atomic mass is 16.1. The van der Waals surface area contributed by atoms with Crippen molar-refractivity contribution in [3.63, 3.8) is 0 Å². The number of primary amides is 1. The van der Waals surface area contributed by atoms with Crippen molar-refractivity contribution >= 4 is 11.7 Å².